The Morgan fingerprint density at radius 2 is 1.77 bits per heavy atom. The SMILES string of the molecule is BrCCCCCCOCC/C=C\c1ncccc1OCc1ccccc1. The zero-order valence-electron chi connectivity index (χ0n) is 15.3. The van der Waals surface area contributed by atoms with E-state index in [1.54, 1.807) is 6.20 Å². The third kappa shape index (κ3) is 8.63. The van der Waals surface area contributed by atoms with Crippen LogP contribution in [0.1, 0.15) is 43.4 Å². The zero-order valence-corrected chi connectivity index (χ0v) is 16.9. The highest BCUT2D eigenvalue weighted by Gasteiger charge is 2.01. The number of hydrogen-bond donors (Lipinski definition) is 0. The molecule has 4 heteroatoms. The van der Waals surface area contributed by atoms with Gasteiger partial charge in [0, 0.05) is 18.1 Å². The van der Waals surface area contributed by atoms with E-state index in [1.807, 2.05) is 36.4 Å². The molecule has 0 aliphatic carbocycles. The molecule has 0 amide bonds. The van der Waals surface area contributed by atoms with Gasteiger partial charge in [-0.3, -0.25) is 4.98 Å². The number of unbranched alkanes of at least 4 members (excludes halogenated alkanes) is 3. The van der Waals surface area contributed by atoms with Gasteiger partial charge in [0.1, 0.15) is 18.1 Å². The maximum Gasteiger partial charge on any atom is 0.145 e. The molecule has 3 nitrogen and oxygen atoms in total. The summed E-state index contributed by atoms with van der Waals surface area (Å²) in [5.74, 6) is 0.806. The van der Waals surface area contributed by atoms with Crippen LogP contribution in [0.25, 0.3) is 6.08 Å². The van der Waals surface area contributed by atoms with Gasteiger partial charge in [-0.15, -0.1) is 0 Å². The first-order chi connectivity index (χ1) is 12.9. The molecule has 1 aromatic carbocycles. The maximum atomic E-state index is 5.92. The predicted molar refractivity (Wildman–Crippen MR) is 112 cm³/mol. The summed E-state index contributed by atoms with van der Waals surface area (Å²) in [5.41, 5.74) is 2.01. The van der Waals surface area contributed by atoms with Crippen molar-refractivity contribution in [3.05, 3.63) is 66.0 Å². The van der Waals surface area contributed by atoms with E-state index in [9.17, 15) is 0 Å². The standard InChI is InChI=1S/C22H28BrNO2/c23-15-7-1-2-8-17-25-18-9-6-13-21-22(14-10-16-24-21)26-19-20-11-4-3-5-12-20/h3-6,10-14,16H,1-2,7-9,15,17-19H2/b13-6-. The molecule has 1 aromatic heterocycles. The summed E-state index contributed by atoms with van der Waals surface area (Å²) in [6.07, 6.45) is 11.7. The minimum Gasteiger partial charge on any atom is -0.487 e. The number of pyridine rings is 1. The number of benzene rings is 1. The van der Waals surface area contributed by atoms with Crippen molar-refractivity contribution in [3.63, 3.8) is 0 Å². The molecule has 0 spiro atoms. The normalized spacial score (nSPS) is 11.1. The highest BCUT2D eigenvalue weighted by atomic mass is 79.9. The number of hydrogen-bond acceptors (Lipinski definition) is 3. The highest BCUT2D eigenvalue weighted by molar-refractivity contribution is 9.09. The van der Waals surface area contributed by atoms with Crippen LogP contribution in [0.4, 0.5) is 0 Å². The third-order valence-corrected chi connectivity index (χ3v) is 4.47. The topological polar surface area (TPSA) is 31.4 Å². The van der Waals surface area contributed by atoms with Crippen LogP contribution in [0, 0.1) is 0 Å². The van der Waals surface area contributed by atoms with E-state index in [1.165, 1.54) is 19.3 Å². The summed E-state index contributed by atoms with van der Waals surface area (Å²) >= 11 is 3.45. The number of halogens is 1. The lowest BCUT2D eigenvalue weighted by Gasteiger charge is -2.08. The lowest BCUT2D eigenvalue weighted by atomic mass is 10.2. The van der Waals surface area contributed by atoms with E-state index >= 15 is 0 Å². The molecule has 0 saturated carbocycles. The number of nitrogens with zero attached hydrogens (tertiary/aromatic N) is 1. The highest BCUT2D eigenvalue weighted by Crippen LogP contribution is 2.18. The van der Waals surface area contributed by atoms with Crippen LogP contribution in [0.15, 0.2) is 54.7 Å². The average Bonchev–Trinajstić information content (AvgIpc) is 2.69. The molecule has 0 saturated heterocycles. The van der Waals surface area contributed by atoms with Crippen molar-refractivity contribution in [2.45, 2.75) is 38.7 Å². The van der Waals surface area contributed by atoms with Crippen molar-refractivity contribution in [2.24, 2.45) is 0 Å². The molecule has 0 N–H and O–H groups in total. The Hall–Kier alpha value is -1.65. The lowest BCUT2D eigenvalue weighted by molar-refractivity contribution is 0.134. The summed E-state index contributed by atoms with van der Waals surface area (Å²) in [6, 6.07) is 14.0. The molecular formula is C22H28BrNO2. The van der Waals surface area contributed by atoms with Gasteiger partial charge in [-0.25, -0.2) is 0 Å². The molecule has 0 bridgehead atoms. The van der Waals surface area contributed by atoms with Gasteiger partial charge >= 0.3 is 0 Å². The van der Waals surface area contributed by atoms with E-state index in [2.05, 4.69) is 39.1 Å². The molecule has 2 rings (SSSR count). The molecule has 140 valence electrons. The number of aromatic nitrogens is 1. The van der Waals surface area contributed by atoms with Crippen LogP contribution >= 0.6 is 15.9 Å². The Bertz CT molecular complexity index is 631. The van der Waals surface area contributed by atoms with Crippen LogP contribution in [-0.2, 0) is 11.3 Å². The van der Waals surface area contributed by atoms with Crippen molar-refractivity contribution in [1.82, 2.24) is 4.98 Å². The molecule has 1 heterocycles. The molecule has 0 atom stereocenters. The summed E-state index contributed by atoms with van der Waals surface area (Å²) < 4.78 is 11.6. The first-order valence-electron chi connectivity index (χ1n) is 9.32. The Morgan fingerprint density at radius 1 is 0.923 bits per heavy atom. The first-order valence-corrected chi connectivity index (χ1v) is 10.4. The van der Waals surface area contributed by atoms with Crippen molar-refractivity contribution >= 4 is 22.0 Å². The maximum absolute atomic E-state index is 5.92. The van der Waals surface area contributed by atoms with E-state index in [0.29, 0.717) is 6.61 Å². The largest absolute Gasteiger partial charge is 0.487 e. The Morgan fingerprint density at radius 3 is 2.62 bits per heavy atom. The predicted octanol–water partition coefficient (Wildman–Crippen LogP) is 6.04. The van der Waals surface area contributed by atoms with Crippen molar-refractivity contribution in [1.29, 1.82) is 0 Å². The van der Waals surface area contributed by atoms with Crippen LogP contribution < -0.4 is 4.74 Å². The smallest absolute Gasteiger partial charge is 0.145 e. The van der Waals surface area contributed by atoms with Crippen molar-refractivity contribution in [3.8, 4) is 5.75 Å². The molecule has 0 unspecified atom stereocenters. The van der Waals surface area contributed by atoms with E-state index in [-0.39, 0.29) is 0 Å². The van der Waals surface area contributed by atoms with Gasteiger partial charge in [0.25, 0.3) is 0 Å². The van der Waals surface area contributed by atoms with E-state index in [4.69, 9.17) is 9.47 Å². The summed E-state index contributed by atoms with van der Waals surface area (Å²) in [4.78, 5) is 4.41. The van der Waals surface area contributed by atoms with Gasteiger partial charge in [-0.2, -0.15) is 0 Å². The molecule has 2 aromatic rings. The van der Waals surface area contributed by atoms with Gasteiger partial charge < -0.3 is 9.47 Å². The van der Waals surface area contributed by atoms with Gasteiger partial charge in [-0.05, 0) is 43.0 Å². The number of rotatable bonds is 13. The third-order valence-electron chi connectivity index (χ3n) is 3.91. The monoisotopic (exact) mass is 417 g/mol. The Labute approximate surface area is 165 Å². The number of alkyl halides is 1. The van der Waals surface area contributed by atoms with Crippen molar-refractivity contribution < 1.29 is 9.47 Å². The lowest BCUT2D eigenvalue weighted by Crippen LogP contribution is -1.98. The van der Waals surface area contributed by atoms with E-state index in [0.717, 1.165) is 48.4 Å². The first kappa shape index (κ1) is 20.7. The molecule has 26 heavy (non-hydrogen) atoms. The van der Waals surface area contributed by atoms with Gasteiger partial charge in [0.15, 0.2) is 0 Å². The Balaban J connectivity index is 1.67. The second-order valence-corrected chi connectivity index (χ2v) is 6.86. The Kier molecular flexibility index (Phi) is 10.8. The molecular weight excluding hydrogens is 390 g/mol. The molecule has 0 aliphatic heterocycles. The van der Waals surface area contributed by atoms with Gasteiger partial charge in [0.2, 0.25) is 0 Å². The quantitative estimate of drug-likeness (QED) is 0.294. The van der Waals surface area contributed by atoms with Gasteiger partial charge in [-0.1, -0.05) is 65.2 Å². The minimum absolute atomic E-state index is 0.547. The second kappa shape index (κ2) is 13.5. The fourth-order valence-corrected chi connectivity index (χ4v) is 2.88. The zero-order chi connectivity index (χ0) is 18.3. The molecule has 0 radical (unpaired) electrons. The molecule has 0 aliphatic rings. The van der Waals surface area contributed by atoms with E-state index < -0.39 is 0 Å². The fourth-order valence-electron chi connectivity index (χ4n) is 2.49. The van der Waals surface area contributed by atoms with Crippen LogP contribution in [0.3, 0.4) is 0 Å². The molecule has 0 fully saturated rings. The summed E-state index contributed by atoms with van der Waals surface area (Å²) in [5, 5.41) is 1.10. The summed E-state index contributed by atoms with van der Waals surface area (Å²) in [6.45, 7) is 2.15. The van der Waals surface area contributed by atoms with Crippen molar-refractivity contribution in [2.75, 3.05) is 18.5 Å². The number of ether oxygens (including phenoxy) is 2. The average molecular weight is 418 g/mol. The van der Waals surface area contributed by atoms with Crippen LogP contribution in [0.5, 0.6) is 5.75 Å². The fraction of sp³-hybridized carbons (Fsp3) is 0.409. The second-order valence-electron chi connectivity index (χ2n) is 6.07. The summed E-state index contributed by atoms with van der Waals surface area (Å²) in [7, 11) is 0. The van der Waals surface area contributed by atoms with Crippen LogP contribution in [0.2, 0.25) is 0 Å². The van der Waals surface area contributed by atoms with Gasteiger partial charge in [0.05, 0.1) is 6.61 Å². The minimum atomic E-state index is 0.547. The van der Waals surface area contributed by atoms with Crippen LogP contribution in [-0.4, -0.2) is 23.5 Å².